The van der Waals surface area contributed by atoms with E-state index in [1.54, 1.807) is 12.1 Å². The van der Waals surface area contributed by atoms with Crippen LogP contribution in [0.2, 0.25) is 0 Å². The Bertz CT molecular complexity index is 319. The Morgan fingerprint density at radius 3 is 2.36 bits per heavy atom. The molecule has 1 rings (SSSR count). The van der Waals surface area contributed by atoms with Gasteiger partial charge in [-0.25, -0.2) is 4.39 Å². The fourth-order valence-electron chi connectivity index (χ4n) is 1.45. The van der Waals surface area contributed by atoms with Crippen LogP contribution < -0.4 is 0 Å². The molecule has 0 atom stereocenters. The number of alkyl halides is 1. The van der Waals surface area contributed by atoms with Gasteiger partial charge in [-0.3, -0.25) is 0 Å². The molecule has 2 heteroatoms. The minimum Gasteiger partial charge on any atom is -0.207 e. The van der Waals surface area contributed by atoms with E-state index in [1.807, 2.05) is 13.8 Å². The maximum Gasteiger partial charge on any atom is 0.123 e. The third-order valence-electron chi connectivity index (χ3n) is 2.12. The number of aryl methyl sites for hydroxylation is 2. The van der Waals surface area contributed by atoms with Gasteiger partial charge in [-0.2, -0.15) is 0 Å². The zero-order valence-corrected chi connectivity index (χ0v) is 10.1. The van der Waals surface area contributed by atoms with Gasteiger partial charge < -0.3 is 0 Å². The van der Waals surface area contributed by atoms with Gasteiger partial charge in [0.15, 0.2) is 0 Å². The molecule has 1 aromatic rings. The summed E-state index contributed by atoms with van der Waals surface area (Å²) < 4.78 is 13.0. The Kier molecular flexibility index (Phi) is 4.33. The minimum atomic E-state index is -0.155. The third-order valence-corrected chi connectivity index (χ3v) is 2.58. The summed E-state index contributed by atoms with van der Waals surface area (Å²) in [6, 6.07) is 3.14. The van der Waals surface area contributed by atoms with E-state index in [-0.39, 0.29) is 5.82 Å². The predicted molar refractivity (Wildman–Crippen MR) is 63.3 cm³/mol. The molecule has 0 saturated heterocycles. The standard InChI is InChI=1S/C12H14BrF/c1-9-7-11(14)8-10(2)12(9)5-3-4-6-13/h3,5,7-8H,4,6H2,1-2H3. The molecule has 0 aromatic heterocycles. The van der Waals surface area contributed by atoms with Gasteiger partial charge in [0.05, 0.1) is 0 Å². The Hall–Kier alpha value is -0.630. The molecule has 76 valence electrons. The van der Waals surface area contributed by atoms with Crippen LogP contribution in [0.3, 0.4) is 0 Å². The van der Waals surface area contributed by atoms with E-state index in [0.717, 1.165) is 28.4 Å². The van der Waals surface area contributed by atoms with Crippen LogP contribution in [0, 0.1) is 19.7 Å². The highest BCUT2D eigenvalue weighted by Gasteiger charge is 2.01. The van der Waals surface area contributed by atoms with Crippen LogP contribution in [0.1, 0.15) is 23.1 Å². The maximum absolute atomic E-state index is 13.0. The van der Waals surface area contributed by atoms with Crippen molar-refractivity contribution < 1.29 is 4.39 Å². The lowest BCUT2D eigenvalue weighted by Gasteiger charge is -2.05. The summed E-state index contributed by atoms with van der Waals surface area (Å²) in [6.07, 6.45) is 5.16. The molecule has 0 aliphatic rings. The first-order chi connectivity index (χ1) is 6.65. The van der Waals surface area contributed by atoms with Crippen molar-refractivity contribution in [2.24, 2.45) is 0 Å². The second kappa shape index (κ2) is 5.30. The van der Waals surface area contributed by atoms with Crippen molar-refractivity contribution in [3.63, 3.8) is 0 Å². The van der Waals surface area contributed by atoms with Gasteiger partial charge in [-0.15, -0.1) is 0 Å². The van der Waals surface area contributed by atoms with Crippen LogP contribution in [0.25, 0.3) is 6.08 Å². The molecule has 0 radical (unpaired) electrons. The lowest BCUT2D eigenvalue weighted by molar-refractivity contribution is 0.625. The average molecular weight is 257 g/mol. The minimum absolute atomic E-state index is 0.155. The average Bonchev–Trinajstić information content (AvgIpc) is 2.09. The van der Waals surface area contributed by atoms with Crippen molar-refractivity contribution in [1.29, 1.82) is 0 Å². The molecule has 0 aliphatic heterocycles. The molecule has 0 nitrogen and oxygen atoms in total. The summed E-state index contributed by atoms with van der Waals surface area (Å²) in [5.41, 5.74) is 3.12. The van der Waals surface area contributed by atoms with Crippen molar-refractivity contribution in [3.8, 4) is 0 Å². The van der Waals surface area contributed by atoms with Crippen molar-refractivity contribution in [1.82, 2.24) is 0 Å². The van der Waals surface area contributed by atoms with Crippen molar-refractivity contribution >= 4 is 22.0 Å². The van der Waals surface area contributed by atoms with Gasteiger partial charge in [-0.05, 0) is 49.1 Å². The van der Waals surface area contributed by atoms with Crippen LogP contribution in [0.4, 0.5) is 4.39 Å². The van der Waals surface area contributed by atoms with Crippen LogP contribution in [0.5, 0.6) is 0 Å². The highest BCUT2D eigenvalue weighted by molar-refractivity contribution is 9.09. The van der Waals surface area contributed by atoms with Crippen LogP contribution in [0.15, 0.2) is 18.2 Å². The monoisotopic (exact) mass is 256 g/mol. The SMILES string of the molecule is Cc1cc(F)cc(C)c1C=CCCBr. The Morgan fingerprint density at radius 2 is 1.86 bits per heavy atom. The van der Waals surface area contributed by atoms with Gasteiger partial charge >= 0.3 is 0 Å². The molecule has 0 amide bonds. The van der Waals surface area contributed by atoms with E-state index in [1.165, 1.54) is 0 Å². The molecule has 1 aromatic carbocycles. The largest absolute Gasteiger partial charge is 0.207 e. The fourth-order valence-corrected chi connectivity index (χ4v) is 1.71. The molecule has 0 heterocycles. The van der Waals surface area contributed by atoms with E-state index in [4.69, 9.17) is 0 Å². The van der Waals surface area contributed by atoms with E-state index in [0.29, 0.717) is 0 Å². The Labute approximate surface area is 93.0 Å². The number of benzene rings is 1. The molecule has 0 spiro atoms. The second-order valence-electron chi connectivity index (χ2n) is 3.33. The number of rotatable bonds is 3. The number of halogens is 2. The van der Waals surface area contributed by atoms with Crippen molar-refractivity contribution in [3.05, 3.63) is 40.7 Å². The maximum atomic E-state index is 13.0. The first-order valence-corrected chi connectivity index (χ1v) is 5.76. The molecule has 0 bridgehead atoms. The van der Waals surface area contributed by atoms with Gasteiger partial charge in [-0.1, -0.05) is 28.1 Å². The first kappa shape index (κ1) is 11.4. The zero-order chi connectivity index (χ0) is 10.6. The van der Waals surface area contributed by atoms with E-state index >= 15 is 0 Å². The Morgan fingerprint density at radius 1 is 1.29 bits per heavy atom. The van der Waals surface area contributed by atoms with E-state index in [2.05, 4.69) is 28.1 Å². The smallest absolute Gasteiger partial charge is 0.123 e. The molecule has 0 fully saturated rings. The first-order valence-electron chi connectivity index (χ1n) is 4.64. The van der Waals surface area contributed by atoms with Crippen molar-refractivity contribution in [2.45, 2.75) is 20.3 Å². The van der Waals surface area contributed by atoms with Crippen LogP contribution in [-0.2, 0) is 0 Å². The van der Waals surface area contributed by atoms with Crippen LogP contribution >= 0.6 is 15.9 Å². The van der Waals surface area contributed by atoms with Gasteiger partial charge in [0, 0.05) is 5.33 Å². The summed E-state index contributed by atoms with van der Waals surface area (Å²) in [5, 5.41) is 0.961. The predicted octanol–water partition coefficient (Wildman–Crippen LogP) is 4.24. The molecule has 0 aliphatic carbocycles. The quantitative estimate of drug-likeness (QED) is 0.710. The molecule has 0 unspecified atom stereocenters. The van der Waals surface area contributed by atoms with E-state index < -0.39 is 0 Å². The summed E-state index contributed by atoms with van der Waals surface area (Å²) >= 11 is 3.36. The van der Waals surface area contributed by atoms with Gasteiger partial charge in [0.2, 0.25) is 0 Å². The summed E-state index contributed by atoms with van der Waals surface area (Å²) in [6.45, 7) is 3.87. The normalized spacial score (nSPS) is 11.1. The molecular formula is C12H14BrF. The topological polar surface area (TPSA) is 0 Å². The van der Waals surface area contributed by atoms with Crippen molar-refractivity contribution in [2.75, 3.05) is 5.33 Å². The Balaban J connectivity index is 2.96. The molecule has 0 N–H and O–H groups in total. The summed E-state index contributed by atoms with van der Waals surface area (Å²) in [5.74, 6) is -0.155. The number of allylic oxidation sites excluding steroid dienone is 1. The highest BCUT2D eigenvalue weighted by Crippen LogP contribution is 2.17. The summed E-state index contributed by atoms with van der Waals surface area (Å²) in [4.78, 5) is 0. The lowest BCUT2D eigenvalue weighted by atomic mass is 10.0. The van der Waals surface area contributed by atoms with Gasteiger partial charge in [0.1, 0.15) is 5.82 Å². The highest BCUT2D eigenvalue weighted by atomic mass is 79.9. The number of hydrogen-bond donors (Lipinski definition) is 0. The van der Waals surface area contributed by atoms with Crippen LogP contribution in [-0.4, -0.2) is 5.33 Å². The fraction of sp³-hybridized carbons (Fsp3) is 0.333. The second-order valence-corrected chi connectivity index (χ2v) is 4.13. The molecule has 14 heavy (non-hydrogen) atoms. The number of hydrogen-bond acceptors (Lipinski definition) is 0. The zero-order valence-electron chi connectivity index (χ0n) is 8.48. The third kappa shape index (κ3) is 2.95. The lowest BCUT2D eigenvalue weighted by Crippen LogP contribution is -1.88. The summed E-state index contributed by atoms with van der Waals surface area (Å²) in [7, 11) is 0. The van der Waals surface area contributed by atoms with E-state index in [9.17, 15) is 4.39 Å². The molecule has 0 saturated carbocycles. The molecular weight excluding hydrogens is 243 g/mol. The van der Waals surface area contributed by atoms with Gasteiger partial charge in [0.25, 0.3) is 0 Å².